The highest BCUT2D eigenvalue weighted by Crippen LogP contribution is 2.43. The van der Waals surface area contributed by atoms with Crippen molar-refractivity contribution < 1.29 is 28.2 Å². The van der Waals surface area contributed by atoms with E-state index in [4.69, 9.17) is 24.4 Å². The normalized spacial score (nSPS) is 22.6. The predicted octanol–water partition coefficient (Wildman–Crippen LogP) is 3.51. The number of aromatic amines is 1. The summed E-state index contributed by atoms with van der Waals surface area (Å²) < 4.78 is 22.7. The van der Waals surface area contributed by atoms with Crippen molar-refractivity contribution in [1.29, 1.82) is 5.26 Å². The maximum Gasteiger partial charge on any atom is 0.302 e. The third kappa shape index (κ3) is 5.87. The third-order valence-corrected chi connectivity index (χ3v) is 10.3. The number of hydrogen-bond acceptors (Lipinski definition) is 8. The summed E-state index contributed by atoms with van der Waals surface area (Å²) in [5.41, 5.74) is 7.90. The van der Waals surface area contributed by atoms with Gasteiger partial charge in [-0.15, -0.1) is 0 Å². The van der Waals surface area contributed by atoms with Gasteiger partial charge in [0, 0.05) is 32.0 Å². The average Bonchev–Trinajstić information content (AvgIpc) is 3.19. The molecule has 1 aliphatic rings. The average molecular weight is 452 g/mol. The molecule has 2 rings (SSSR count). The highest BCUT2D eigenvalue weighted by molar-refractivity contribution is 6.74. The molecule has 0 spiro atoms. The number of H-pyrrole nitrogens is 1. The Hall–Kier alpha value is -2.35. The standard InChI is InChI=1S/C21H33N3O6Si/c1-12(25)27-11-18-16(28-13(2)26)8-15(29-18)14-10-24-20(19(14)23)17(9-22)30-31(6,7)21(3,4)5/h10,15-18,24H,8,11,23H2,1-7H3/t15?,16?,17-,18-/m1/s1. The van der Waals surface area contributed by atoms with Crippen LogP contribution in [0.2, 0.25) is 18.1 Å². The number of nitriles is 1. The number of nitrogens with one attached hydrogen (secondary N) is 1. The molecule has 10 heteroatoms. The minimum absolute atomic E-state index is 0.0315. The number of carbonyl (C=O) groups is 2. The van der Waals surface area contributed by atoms with Crippen molar-refractivity contribution in [3.05, 3.63) is 17.5 Å². The predicted molar refractivity (Wildman–Crippen MR) is 116 cm³/mol. The van der Waals surface area contributed by atoms with Gasteiger partial charge in [-0.1, -0.05) is 20.8 Å². The summed E-state index contributed by atoms with van der Waals surface area (Å²) in [4.78, 5) is 25.7. The summed E-state index contributed by atoms with van der Waals surface area (Å²) in [5.74, 6) is -0.895. The molecule has 1 aromatic heterocycles. The highest BCUT2D eigenvalue weighted by atomic mass is 28.4. The lowest BCUT2D eigenvalue weighted by molar-refractivity contribution is -0.154. The monoisotopic (exact) mass is 451 g/mol. The van der Waals surface area contributed by atoms with Gasteiger partial charge in [0.15, 0.2) is 14.4 Å². The first kappa shape index (κ1) is 24.9. The number of ether oxygens (including phenoxy) is 3. The van der Waals surface area contributed by atoms with Crippen molar-refractivity contribution in [3.8, 4) is 6.07 Å². The van der Waals surface area contributed by atoms with Crippen molar-refractivity contribution in [1.82, 2.24) is 4.98 Å². The van der Waals surface area contributed by atoms with Crippen LogP contribution in [0.4, 0.5) is 5.69 Å². The molecule has 0 aromatic carbocycles. The largest absolute Gasteiger partial charge is 0.463 e. The molecule has 9 nitrogen and oxygen atoms in total. The fourth-order valence-electron chi connectivity index (χ4n) is 3.17. The number of nitrogen functional groups attached to an aromatic ring is 1. The van der Waals surface area contributed by atoms with Gasteiger partial charge in [0.1, 0.15) is 18.8 Å². The summed E-state index contributed by atoms with van der Waals surface area (Å²) >= 11 is 0. The van der Waals surface area contributed by atoms with E-state index in [1.54, 1.807) is 6.20 Å². The molecule has 2 heterocycles. The molecule has 1 saturated heterocycles. The lowest BCUT2D eigenvalue weighted by Crippen LogP contribution is -2.41. The number of esters is 2. The summed E-state index contributed by atoms with van der Waals surface area (Å²) in [7, 11) is -2.21. The number of nitrogens with two attached hydrogens (primary N) is 1. The Morgan fingerprint density at radius 3 is 2.52 bits per heavy atom. The van der Waals surface area contributed by atoms with Crippen molar-refractivity contribution in [2.24, 2.45) is 0 Å². The second-order valence-corrected chi connectivity index (χ2v) is 14.1. The number of carbonyl (C=O) groups excluding carboxylic acids is 2. The summed E-state index contributed by atoms with van der Waals surface area (Å²) in [6.45, 7) is 13.0. The lowest BCUT2D eigenvalue weighted by atomic mass is 10.0. The molecular formula is C21H33N3O6Si. The second-order valence-electron chi connectivity index (χ2n) is 9.31. The SMILES string of the molecule is CC(=O)OC[C@H]1OC(c2c[nH]c([C@@H](C#N)O[Si](C)(C)C(C)(C)C)c2N)CC1OC(C)=O. The second kappa shape index (κ2) is 9.42. The van der Waals surface area contributed by atoms with Gasteiger partial charge in [0.05, 0.1) is 23.6 Å². The van der Waals surface area contributed by atoms with Gasteiger partial charge in [-0.25, -0.2) is 0 Å². The molecule has 0 bridgehead atoms. The Bertz CT molecular complexity index is 854. The topological polar surface area (TPSA) is 137 Å². The highest BCUT2D eigenvalue weighted by Gasteiger charge is 2.42. The van der Waals surface area contributed by atoms with E-state index >= 15 is 0 Å². The number of rotatable bonds is 7. The van der Waals surface area contributed by atoms with Crippen LogP contribution in [0.5, 0.6) is 0 Å². The van der Waals surface area contributed by atoms with E-state index < -0.39 is 44.7 Å². The van der Waals surface area contributed by atoms with E-state index in [0.717, 1.165) is 0 Å². The third-order valence-electron chi connectivity index (χ3n) is 5.90. The van der Waals surface area contributed by atoms with E-state index in [9.17, 15) is 14.9 Å². The maximum atomic E-state index is 11.5. The first-order valence-electron chi connectivity index (χ1n) is 10.3. The van der Waals surface area contributed by atoms with Gasteiger partial charge in [0.25, 0.3) is 0 Å². The van der Waals surface area contributed by atoms with Crippen LogP contribution in [0.1, 0.15) is 64.5 Å². The van der Waals surface area contributed by atoms with Crippen LogP contribution in [0.25, 0.3) is 0 Å². The van der Waals surface area contributed by atoms with Crippen LogP contribution in [-0.4, -0.2) is 44.1 Å². The van der Waals surface area contributed by atoms with Crippen LogP contribution in [0, 0.1) is 11.3 Å². The van der Waals surface area contributed by atoms with Crippen LogP contribution in [-0.2, 0) is 28.2 Å². The quantitative estimate of drug-likeness (QED) is 0.475. The number of nitrogens with zero attached hydrogens (tertiary/aromatic N) is 1. The molecule has 172 valence electrons. The minimum atomic E-state index is -2.21. The molecule has 0 aliphatic carbocycles. The summed E-state index contributed by atoms with van der Waals surface area (Å²) in [5, 5.41) is 9.68. The fraction of sp³-hybridized carbons (Fsp3) is 0.667. The van der Waals surface area contributed by atoms with Crippen LogP contribution < -0.4 is 5.73 Å². The zero-order valence-electron chi connectivity index (χ0n) is 19.3. The Morgan fingerprint density at radius 2 is 2.00 bits per heavy atom. The zero-order chi connectivity index (χ0) is 23.6. The molecule has 4 atom stereocenters. The van der Waals surface area contributed by atoms with E-state index in [2.05, 4.69) is 44.9 Å². The molecule has 0 amide bonds. The molecule has 1 aromatic rings. The molecule has 2 unspecified atom stereocenters. The Labute approximate surface area is 184 Å². The van der Waals surface area contributed by atoms with Crippen molar-refractivity contribution >= 4 is 25.9 Å². The maximum absolute atomic E-state index is 11.5. The molecular weight excluding hydrogens is 418 g/mol. The van der Waals surface area contributed by atoms with Crippen LogP contribution >= 0.6 is 0 Å². The molecule has 3 N–H and O–H groups in total. The van der Waals surface area contributed by atoms with E-state index in [1.165, 1.54) is 13.8 Å². The molecule has 0 saturated carbocycles. The first-order valence-corrected chi connectivity index (χ1v) is 13.2. The minimum Gasteiger partial charge on any atom is -0.463 e. The van der Waals surface area contributed by atoms with Gasteiger partial charge in [0.2, 0.25) is 0 Å². The number of hydrogen-bond donors (Lipinski definition) is 2. The van der Waals surface area contributed by atoms with E-state index in [1.807, 2.05) is 0 Å². The van der Waals surface area contributed by atoms with Crippen molar-refractivity contribution in [2.45, 2.75) is 83.6 Å². The van der Waals surface area contributed by atoms with Gasteiger partial charge >= 0.3 is 11.9 Å². The smallest absolute Gasteiger partial charge is 0.302 e. The van der Waals surface area contributed by atoms with Gasteiger partial charge in [-0.2, -0.15) is 5.26 Å². The summed E-state index contributed by atoms with van der Waals surface area (Å²) in [6, 6.07) is 2.20. The summed E-state index contributed by atoms with van der Waals surface area (Å²) in [6.07, 6.45) is -0.457. The first-order chi connectivity index (χ1) is 14.3. The van der Waals surface area contributed by atoms with E-state index in [-0.39, 0.29) is 11.6 Å². The molecule has 1 fully saturated rings. The van der Waals surface area contributed by atoms with Gasteiger partial charge in [-0.05, 0) is 18.1 Å². The van der Waals surface area contributed by atoms with Crippen molar-refractivity contribution in [3.63, 3.8) is 0 Å². The lowest BCUT2D eigenvalue weighted by Gasteiger charge is -2.37. The molecule has 0 radical (unpaired) electrons. The van der Waals surface area contributed by atoms with Crippen LogP contribution in [0.15, 0.2) is 6.20 Å². The zero-order valence-corrected chi connectivity index (χ0v) is 20.3. The van der Waals surface area contributed by atoms with Gasteiger partial charge in [-0.3, -0.25) is 9.59 Å². The molecule has 31 heavy (non-hydrogen) atoms. The van der Waals surface area contributed by atoms with Crippen LogP contribution in [0.3, 0.4) is 0 Å². The molecule has 1 aliphatic heterocycles. The van der Waals surface area contributed by atoms with Crippen molar-refractivity contribution in [2.75, 3.05) is 12.3 Å². The Balaban J connectivity index is 2.24. The Kier molecular flexibility index (Phi) is 7.57. The number of aromatic nitrogens is 1. The number of anilines is 1. The fourth-order valence-corrected chi connectivity index (χ4v) is 4.28. The Morgan fingerprint density at radius 1 is 1.35 bits per heavy atom. The van der Waals surface area contributed by atoms with Gasteiger partial charge < -0.3 is 29.4 Å². The van der Waals surface area contributed by atoms with E-state index in [0.29, 0.717) is 23.4 Å².